The van der Waals surface area contributed by atoms with Gasteiger partial charge in [0.1, 0.15) is 18.4 Å². The summed E-state index contributed by atoms with van der Waals surface area (Å²) in [5, 5.41) is 30.0. The van der Waals surface area contributed by atoms with Crippen LogP contribution in [0.2, 0.25) is 0 Å². The van der Waals surface area contributed by atoms with Crippen LogP contribution in [0.1, 0.15) is 42.5 Å². The number of carboxylic acid groups (broad SMARTS) is 1. The van der Waals surface area contributed by atoms with Crippen LogP contribution in [0.15, 0.2) is 29.1 Å². The van der Waals surface area contributed by atoms with Crippen molar-refractivity contribution in [1.29, 1.82) is 0 Å². The number of rotatable bonds is 4. The van der Waals surface area contributed by atoms with E-state index in [0.717, 1.165) is 16.5 Å². The topological polar surface area (TPSA) is 168 Å². The maximum absolute atomic E-state index is 13.2. The number of nitrogens with two attached hydrogens (primary N) is 1. The molecule has 0 unspecified atom stereocenters. The number of phenols is 1. The highest BCUT2D eigenvalue weighted by atomic mass is 16.6. The van der Waals surface area contributed by atoms with Gasteiger partial charge < -0.3 is 35.3 Å². The normalized spacial score (nSPS) is 18.4. The van der Waals surface area contributed by atoms with E-state index in [1.807, 2.05) is 25.1 Å². The van der Waals surface area contributed by atoms with E-state index < -0.39 is 23.6 Å². The Balaban J connectivity index is 0.000000480. The summed E-state index contributed by atoms with van der Waals surface area (Å²) in [4.78, 5) is 41.9. The van der Waals surface area contributed by atoms with E-state index in [-0.39, 0.29) is 24.3 Å². The molecular formula is C26H30N4O7. The van der Waals surface area contributed by atoms with Crippen molar-refractivity contribution in [2.45, 2.75) is 51.6 Å². The number of cyclic esters (lactones) is 1. The molecule has 2 aliphatic rings. The first-order chi connectivity index (χ1) is 17.4. The van der Waals surface area contributed by atoms with E-state index in [1.165, 1.54) is 6.92 Å². The van der Waals surface area contributed by atoms with Crippen molar-refractivity contribution in [3.8, 4) is 17.1 Å². The summed E-state index contributed by atoms with van der Waals surface area (Å²) in [6, 6.07) is 6.32. The lowest BCUT2D eigenvalue weighted by Gasteiger charge is -2.31. The van der Waals surface area contributed by atoms with Crippen molar-refractivity contribution in [3.63, 3.8) is 0 Å². The molecule has 37 heavy (non-hydrogen) atoms. The summed E-state index contributed by atoms with van der Waals surface area (Å²) in [6.45, 7) is 3.83. The van der Waals surface area contributed by atoms with Crippen molar-refractivity contribution in [2.24, 2.45) is 5.73 Å². The third kappa shape index (κ3) is 4.45. The number of hydrogen-bond acceptors (Lipinski definition) is 9. The molecule has 0 saturated heterocycles. The number of pyridine rings is 2. The molecule has 1 aromatic carbocycles. The number of carboxylic acids is 1. The van der Waals surface area contributed by atoms with Crippen LogP contribution in [0.3, 0.4) is 0 Å². The summed E-state index contributed by atoms with van der Waals surface area (Å²) in [5.74, 6) is -1.50. The molecule has 0 spiro atoms. The van der Waals surface area contributed by atoms with Gasteiger partial charge in [-0.1, -0.05) is 6.92 Å². The number of carbonyl (C=O) groups is 2. The molecule has 2 atom stereocenters. The summed E-state index contributed by atoms with van der Waals surface area (Å²) in [6.07, 6.45) is 0.104. The second kappa shape index (κ2) is 9.58. The summed E-state index contributed by atoms with van der Waals surface area (Å²) < 4.78 is 6.71. The Bertz CT molecular complexity index is 1480. The number of aromatic nitrogens is 2. The van der Waals surface area contributed by atoms with E-state index >= 15 is 0 Å². The van der Waals surface area contributed by atoms with Crippen LogP contribution in [0.25, 0.3) is 22.3 Å². The maximum atomic E-state index is 13.2. The molecule has 2 aromatic heterocycles. The smallest absolute Gasteiger partial charge is 0.343 e. The highest BCUT2D eigenvalue weighted by molar-refractivity contribution is 5.89. The fourth-order valence-electron chi connectivity index (χ4n) is 4.58. The number of fused-ring (bicyclic) bond motifs is 5. The Kier molecular flexibility index (Phi) is 6.80. The lowest BCUT2D eigenvalue weighted by Crippen LogP contribution is -2.44. The molecule has 2 aliphatic heterocycles. The van der Waals surface area contributed by atoms with Crippen LogP contribution < -0.4 is 11.3 Å². The van der Waals surface area contributed by atoms with Gasteiger partial charge in [-0.3, -0.25) is 9.59 Å². The molecule has 0 bridgehead atoms. The molecule has 11 nitrogen and oxygen atoms in total. The number of esters is 1. The standard InChI is InChI=1S/C23H23N3O5.C3H7NO2/c1-4-23(30)16-8-18-20-12(9-26(18)21(28)15(16)11-31-22(23)29)7-13-14(10-25(2)3)19(27)6-5-17(13)24-20;1-2(4)3(5)6/h5-8,27,30H,4,9-11H2,1-3H3;2H,4H2,1H3,(H,5,6)/t23-;2-/m00/s1. The minimum Gasteiger partial charge on any atom is -0.508 e. The maximum Gasteiger partial charge on any atom is 0.343 e. The van der Waals surface area contributed by atoms with Gasteiger partial charge in [-0.25, -0.2) is 9.78 Å². The summed E-state index contributed by atoms with van der Waals surface area (Å²) >= 11 is 0. The lowest BCUT2D eigenvalue weighted by molar-refractivity contribution is -0.172. The van der Waals surface area contributed by atoms with Crippen LogP contribution in [0.5, 0.6) is 5.75 Å². The largest absolute Gasteiger partial charge is 0.508 e. The SMILES string of the molecule is CC[C@@]1(O)C(=O)OCc2c1cc1n(c2=O)Cc2cc3c(CN(C)C)c(O)ccc3nc2-1.C[C@H](N)C(=O)O. The van der Waals surface area contributed by atoms with E-state index in [1.54, 1.807) is 29.7 Å². The Morgan fingerprint density at radius 3 is 2.57 bits per heavy atom. The quantitative estimate of drug-likeness (QED) is 0.293. The Morgan fingerprint density at radius 1 is 1.30 bits per heavy atom. The van der Waals surface area contributed by atoms with Crippen LogP contribution in [0.4, 0.5) is 0 Å². The molecule has 0 saturated carbocycles. The summed E-state index contributed by atoms with van der Waals surface area (Å²) in [7, 11) is 3.86. The van der Waals surface area contributed by atoms with Crippen molar-refractivity contribution in [1.82, 2.24) is 14.5 Å². The second-order valence-electron chi connectivity index (χ2n) is 9.59. The molecule has 0 amide bonds. The number of aliphatic hydroxyl groups is 1. The Labute approximate surface area is 212 Å². The van der Waals surface area contributed by atoms with Crippen molar-refractivity contribution >= 4 is 22.8 Å². The molecule has 196 valence electrons. The van der Waals surface area contributed by atoms with E-state index in [2.05, 4.69) is 0 Å². The predicted octanol–water partition coefficient (Wildman–Crippen LogP) is 1.26. The van der Waals surface area contributed by atoms with Gasteiger partial charge >= 0.3 is 11.9 Å². The number of benzene rings is 1. The number of carbonyl (C=O) groups excluding carboxylic acids is 1. The third-order valence-electron chi connectivity index (χ3n) is 6.64. The van der Waals surface area contributed by atoms with Gasteiger partial charge in [0.25, 0.3) is 5.56 Å². The van der Waals surface area contributed by atoms with Crippen LogP contribution in [-0.4, -0.2) is 61.8 Å². The first-order valence-corrected chi connectivity index (χ1v) is 11.8. The first-order valence-electron chi connectivity index (χ1n) is 11.8. The van der Waals surface area contributed by atoms with Gasteiger partial charge in [0.2, 0.25) is 0 Å². The Morgan fingerprint density at radius 2 is 1.97 bits per heavy atom. The van der Waals surface area contributed by atoms with Gasteiger partial charge in [-0.05, 0) is 51.7 Å². The number of aromatic hydroxyl groups is 1. The minimum absolute atomic E-state index is 0.104. The molecule has 4 heterocycles. The van der Waals surface area contributed by atoms with Crippen LogP contribution >= 0.6 is 0 Å². The molecule has 0 aliphatic carbocycles. The van der Waals surface area contributed by atoms with Gasteiger partial charge in [-0.2, -0.15) is 0 Å². The third-order valence-corrected chi connectivity index (χ3v) is 6.64. The molecule has 11 heteroatoms. The number of nitrogens with zero attached hydrogens (tertiary/aromatic N) is 3. The zero-order chi connectivity index (χ0) is 27.2. The number of aliphatic carboxylic acids is 1. The van der Waals surface area contributed by atoms with Crippen molar-refractivity contribution in [2.75, 3.05) is 14.1 Å². The first kappa shape index (κ1) is 26.3. The van der Waals surface area contributed by atoms with Crippen LogP contribution in [-0.2, 0) is 39.6 Å². The van der Waals surface area contributed by atoms with Gasteiger partial charge in [-0.15, -0.1) is 0 Å². The van der Waals surface area contributed by atoms with E-state index in [4.69, 9.17) is 20.6 Å². The molecule has 3 aromatic rings. The zero-order valence-corrected chi connectivity index (χ0v) is 21.1. The van der Waals surface area contributed by atoms with E-state index in [0.29, 0.717) is 41.1 Å². The molecule has 5 N–H and O–H groups in total. The summed E-state index contributed by atoms with van der Waals surface area (Å²) in [5.41, 5.74) is 6.87. The molecule has 0 radical (unpaired) electrons. The van der Waals surface area contributed by atoms with Gasteiger partial charge in [0, 0.05) is 28.6 Å². The zero-order valence-electron chi connectivity index (χ0n) is 21.1. The number of ether oxygens (including phenoxy) is 1. The van der Waals surface area contributed by atoms with Crippen molar-refractivity contribution in [3.05, 3.63) is 56.9 Å². The highest BCUT2D eigenvalue weighted by Crippen LogP contribution is 2.39. The second-order valence-corrected chi connectivity index (χ2v) is 9.59. The fourth-order valence-corrected chi connectivity index (χ4v) is 4.58. The van der Waals surface area contributed by atoms with Gasteiger partial charge in [0.05, 0.1) is 29.0 Å². The van der Waals surface area contributed by atoms with Crippen molar-refractivity contribution < 1.29 is 29.6 Å². The average Bonchev–Trinajstić information content (AvgIpc) is 3.20. The Hall–Kier alpha value is -3.80. The minimum atomic E-state index is -1.84. The molecule has 5 rings (SSSR count). The lowest BCUT2D eigenvalue weighted by atomic mass is 9.86. The average molecular weight is 511 g/mol. The van der Waals surface area contributed by atoms with E-state index in [9.17, 15) is 24.6 Å². The highest BCUT2D eigenvalue weighted by Gasteiger charge is 2.45. The number of phenolic OH excluding ortho intramolecular Hbond substituents is 1. The van der Waals surface area contributed by atoms with Crippen LogP contribution in [0, 0.1) is 0 Å². The number of hydrogen-bond donors (Lipinski definition) is 4. The monoisotopic (exact) mass is 510 g/mol. The molecule has 0 fully saturated rings. The predicted molar refractivity (Wildman–Crippen MR) is 135 cm³/mol. The van der Waals surface area contributed by atoms with Gasteiger partial charge in [0.15, 0.2) is 5.60 Å². The molecular weight excluding hydrogens is 480 g/mol. The fraction of sp³-hybridized carbons (Fsp3) is 0.385.